The number of carbonyl (C=O) groups excluding carboxylic acids is 1. The Morgan fingerprint density at radius 2 is 2.00 bits per heavy atom. The third kappa shape index (κ3) is 4.10. The SMILES string of the molecule is COOC(=O)C(C)=CC(=O)O. The van der Waals surface area contributed by atoms with Crippen molar-refractivity contribution >= 4 is 11.9 Å². The molecule has 0 aromatic heterocycles. The summed E-state index contributed by atoms with van der Waals surface area (Å²) in [6.45, 7) is 1.31. The fourth-order valence-corrected chi connectivity index (χ4v) is 0.386. The van der Waals surface area contributed by atoms with Gasteiger partial charge in [0.15, 0.2) is 0 Å². The summed E-state index contributed by atoms with van der Waals surface area (Å²) in [6.07, 6.45) is 0.737. The molecule has 0 spiro atoms. The monoisotopic (exact) mass is 160 g/mol. The second-order valence-corrected chi connectivity index (χ2v) is 1.70. The number of carboxylic acid groups (broad SMARTS) is 1. The highest BCUT2D eigenvalue weighted by Crippen LogP contribution is 1.95. The van der Waals surface area contributed by atoms with Crippen LogP contribution in [0.2, 0.25) is 0 Å². The maximum atomic E-state index is 10.6. The lowest BCUT2D eigenvalue weighted by Gasteiger charge is -1.96. The third-order valence-electron chi connectivity index (χ3n) is 0.821. The van der Waals surface area contributed by atoms with E-state index >= 15 is 0 Å². The van der Waals surface area contributed by atoms with Gasteiger partial charge < -0.3 is 5.11 Å². The Morgan fingerprint density at radius 1 is 1.45 bits per heavy atom. The maximum Gasteiger partial charge on any atom is 0.369 e. The zero-order valence-corrected chi connectivity index (χ0v) is 6.16. The molecule has 0 atom stereocenters. The number of hydrogen-bond donors (Lipinski definition) is 1. The van der Waals surface area contributed by atoms with Gasteiger partial charge in [-0.3, -0.25) is 4.89 Å². The fraction of sp³-hybridized carbons (Fsp3) is 0.333. The molecule has 62 valence electrons. The highest BCUT2D eigenvalue weighted by Gasteiger charge is 2.06. The van der Waals surface area contributed by atoms with Crippen molar-refractivity contribution in [2.75, 3.05) is 7.11 Å². The Kier molecular flexibility index (Phi) is 3.90. The lowest BCUT2D eigenvalue weighted by atomic mass is 10.3. The second kappa shape index (κ2) is 4.45. The van der Waals surface area contributed by atoms with Gasteiger partial charge in [-0.25, -0.2) is 9.59 Å². The summed E-state index contributed by atoms with van der Waals surface area (Å²) in [7, 11) is 1.16. The molecule has 0 aromatic carbocycles. The van der Waals surface area contributed by atoms with E-state index in [4.69, 9.17) is 5.11 Å². The lowest BCUT2D eigenvalue weighted by molar-refractivity contribution is -0.250. The molecule has 5 heteroatoms. The zero-order valence-electron chi connectivity index (χ0n) is 6.16. The van der Waals surface area contributed by atoms with Crippen molar-refractivity contribution < 1.29 is 24.5 Å². The fourth-order valence-electron chi connectivity index (χ4n) is 0.386. The van der Waals surface area contributed by atoms with Crippen LogP contribution in [-0.2, 0) is 19.4 Å². The molecule has 0 heterocycles. The van der Waals surface area contributed by atoms with Crippen LogP contribution in [0.25, 0.3) is 0 Å². The van der Waals surface area contributed by atoms with Gasteiger partial charge in [0.05, 0.1) is 7.11 Å². The molecule has 0 unspecified atom stereocenters. The summed E-state index contributed by atoms with van der Waals surface area (Å²) in [5, 5.41) is 8.18. The Morgan fingerprint density at radius 3 is 2.36 bits per heavy atom. The van der Waals surface area contributed by atoms with Crippen LogP contribution in [0.3, 0.4) is 0 Å². The average molecular weight is 160 g/mol. The molecule has 0 fully saturated rings. The highest BCUT2D eigenvalue weighted by molar-refractivity contribution is 5.94. The maximum absolute atomic E-state index is 10.6. The summed E-state index contributed by atoms with van der Waals surface area (Å²) in [6, 6.07) is 0. The molecular formula is C6H8O5. The molecule has 0 rings (SSSR count). The topological polar surface area (TPSA) is 72.8 Å². The normalized spacial score (nSPS) is 10.9. The molecule has 0 radical (unpaired) electrons. The second-order valence-electron chi connectivity index (χ2n) is 1.70. The summed E-state index contributed by atoms with van der Waals surface area (Å²) >= 11 is 0. The van der Waals surface area contributed by atoms with Gasteiger partial charge in [0.25, 0.3) is 0 Å². The molecule has 0 aliphatic carbocycles. The van der Waals surface area contributed by atoms with E-state index in [0.29, 0.717) is 0 Å². The quantitative estimate of drug-likeness (QED) is 0.360. The Hall–Kier alpha value is -1.36. The Balaban J connectivity index is 4.12. The smallest absolute Gasteiger partial charge is 0.369 e. The molecule has 0 saturated carbocycles. The van der Waals surface area contributed by atoms with Gasteiger partial charge in [-0.05, 0) is 6.92 Å². The van der Waals surface area contributed by atoms with Crippen molar-refractivity contribution in [2.24, 2.45) is 0 Å². The summed E-state index contributed by atoms with van der Waals surface area (Å²) in [4.78, 5) is 28.7. The highest BCUT2D eigenvalue weighted by atomic mass is 17.2. The van der Waals surface area contributed by atoms with Crippen LogP contribution in [-0.4, -0.2) is 24.2 Å². The van der Waals surface area contributed by atoms with Crippen molar-refractivity contribution in [2.45, 2.75) is 6.92 Å². The first kappa shape index (κ1) is 9.64. The van der Waals surface area contributed by atoms with Crippen LogP contribution >= 0.6 is 0 Å². The van der Waals surface area contributed by atoms with E-state index in [0.717, 1.165) is 13.2 Å². The van der Waals surface area contributed by atoms with Crippen molar-refractivity contribution in [1.82, 2.24) is 0 Å². The number of carbonyl (C=O) groups is 2. The number of rotatable bonds is 3. The molecule has 0 aliphatic heterocycles. The van der Waals surface area contributed by atoms with Crippen LogP contribution in [0.5, 0.6) is 0 Å². The van der Waals surface area contributed by atoms with Crippen LogP contribution in [0.4, 0.5) is 0 Å². The number of hydrogen-bond acceptors (Lipinski definition) is 4. The van der Waals surface area contributed by atoms with Gasteiger partial charge in [0, 0.05) is 11.6 Å². The van der Waals surface area contributed by atoms with E-state index < -0.39 is 11.9 Å². The van der Waals surface area contributed by atoms with Gasteiger partial charge in [0.2, 0.25) is 0 Å². The summed E-state index contributed by atoms with van der Waals surface area (Å²) < 4.78 is 0. The van der Waals surface area contributed by atoms with E-state index in [-0.39, 0.29) is 5.57 Å². The van der Waals surface area contributed by atoms with Gasteiger partial charge in [-0.15, -0.1) is 0 Å². The molecule has 0 aliphatic rings. The number of aliphatic carboxylic acids is 1. The van der Waals surface area contributed by atoms with Crippen molar-refractivity contribution in [1.29, 1.82) is 0 Å². The molecule has 11 heavy (non-hydrogen) atoms. The predicted octanol–water partition coefficient (Wildman–Crippen LogP) is 0.122. The Labute approximate surface area is 63.1 Å². The minimum Gasteiger partial charge on any atom is -0.478 e. The molecule has 1 N–H and O–H groups in total. The first-order valence-electron chi connectivity index (χ1n) is 2.74. The largest absolute Gasteiger partial charge is 0.478 e. The molecule has 0 amide bonds. The standard InChI is InChI=1S/C6H8O5/c1-4(3-5(7)8)6(9)11-10-2/h3H,1-2H3,(H,7,8). The third-order valence-corrected chi connectivity index (χ3v) is 0.821. The van der Waals surface area contributed by atoms with Crippen molar-refractivity contribution in [3.05, 3.63) is 11.6 Å². The lowest BCUT2D eigenvalue weighted by Crippen LogP contribution is -2.06. The summed E-state index contributed by atoms with van der Waals surface area (Å²) in [5.41, 5.74) is -0.0284. The zero-order chi connectivity index (χ0) is 8.85. The summed E-state index contributed by atoms with van der Waals surface area (Å²) in [5.74, 6) is -2.01. The molecule has 0 saturated heterocycles. The van der Waals surface area contributed by atoms with E-state index in [1.807, 2.05) is 0 Å². The van der Waals surface area contributed by atoms with E-state index in [1.54, 1.807) is 0 Å². The van der Waals surface area contributed by atoms with Gasteiger partial charge in [0.1, 0.15) is 0 Å². The van der Waals surface area contributed by atoms with Crippen molar-refractivity contribution in [3.8, 4) is 0 Å². The van der Waals surface area contributed by atoms with Crippen LogP contribution in [0, 0.1) is 0 Å². The van der Waals surface area contributed by atoms with E-state index in [9.17, 15) is 9.59 Å². The predicted molar refractivity (Wildman–Crippen MR) is 34.5 cm³/mol. The van der Waals surface area contributed by atoms with Crippen LogP contribution in [0.15, 0.2) is 11.6 Å². The van der Waals surface area contributed by atoms with Crippen molar-refractivity contribution in [3.63, 3.8) is 0 Å². The van der Waals surface area contributed by atoms with E-state index in [2.05, 4.69) is 9.78 Å². The van der Waals surface area contributed by atoms with Gasteiger partial charge in [-0.2, -0.15) is 4.89 Å². The minimum absolute atomic E-state index is 0.0284. The number of carboxylic acids is 1. The molecule has 0 bridgehead atoms. The van der Waals surface area contributed by atoms with Crippen LogP contribution < -0.4 is 0 Å². The first-order chi connectivity index (χ1) is 5.07. The molecule has 5 nitrogen and oxygen atoms in total. The van der Waals surface area contributed by atoms with Gasteiger partial charge in [-0.1, -0.05) is 0 Å². The molecular weight excluding hydrogens is 152 g/mol. The first-order valence-corrected chi connectivity index (χ1v) is 2.74. The van der Waals surface area contributed by atoms with Crippen LogP contribution in [0.1, 0.15) is 6.92 Å². The van der Waals surface area contributed by atoms with E-state index in [1.165, 1.54) is 6.92 Å². The average Bonchev–Trinajstić information content (AvgIpc) is 1.86. The molecule has 0 aromatic rings. The Bertz CT molecular complexity index is 193. The minimum atomic E-state index is -1.20. The van der Waals surface area contributed by atoms with Gasteiger partial charge >= 0.3 is 11.9 Å².